The largest absolute Gasteiger partial charge is 0.337 e. The van der Waals surface area contributed by atoms with Crippen molar-refractivity contribution in [2.75, 3.05) is 6.54 Å². The Kier molecular flexibility index (Phi) is 3.61. The summed E-state index contributed by atoms with van der Waals surface area (Å²) in [7, 11) is 2.06. The van der Waals surface area contributed by atoms with Crippen molar-refractivity contribution in [3.8, 4) is 0 Å². The third-order valence-corrected chi connectivity index (χ3v) is 4.81. The molecule has 23 heavy (non-hydrogen) atoms. The number of hydrogen-bond donors (Lipinski definition) is 0. The molecule has 6 heteroatoms. The molecule has 0 bridgehead atoms. The standard InChI is InChI=1S/C17H22N6/c1-13-11-14(20-17-19-7-10-23(13)17)15-5-3-4-8-22(15)12-16-18-6-9-21(16)2/h6-7,9-11,15H,3-5,8,12H2,1-2H3/t15-/m0/s1. The lowest BCUT2D eigenvalue weighted by atomic mass is 9.98. The third kappa shape index (κ3) is 2.63. The van der Waals surface area contributed by atoms with Crippen molar-refractivity contribution in [1.29, 1.82) is 0 Å². The third-order valence-electron chi connectivity index (χ3n) is 4.81. The molecule has 0 spiro atoms. The SMILES string of the molecule is Cc1cc([C@@H]2CCCCN2Cc2nccn2C)nc2nccn12. The van der Waals surface area contributed by atoms with Crippen LogP contribution in [0.1, 0.15) is 42.5 Å². The second-order valence-electron chi connectivity index (χ2n) is 6.36. The van der Waals surface area contributed by atoms with Crippen molar-refractivity contribution in [3.63, 3.8) is 0 Å². The molecule has 1 aliphatic rings. The Morgan fingerprint density at radius 1 is 1.17 bits per heavy atom. The monoisotopic (exact) mass is 310 g/mol. The fourth-order valence-electron chi connectivity index (χ4n) is 3.50. The molecule has 0 N–H and O–H groups in total. The van der Waals surface area contributed by atoms with E-state index in [1.807, 2.05) is 29.2 Å². The number of piperidine rings is 1. The van der Waals surface area contributed by atoms with E-state index in [9.17, 15) is 0 Å². The number of hydrogen-bond acceptors (Lipinski definition) is 4. The minimum Gasteiger partial charge on any atom is -0.337 e. The van der Waals surface area contributed by atoms with E-state index in [0.29, 0.717) is 6.04 Å². The van der Waals surface area contributed by atoms with Crippen molar-refractivity contribution >= 4 is 5.78 Å². The topological polar surface area (TPSA) is 51.2 Å². The van der Waals surface area contributed by atoms with Crippen LogP contribution < -0.4 is 0 Å². The van der Waals surface area contributed by atoms with E-state index in [0.717, 1.165) is 36.8 Å². The Hall–Kier alpha value is -2.21. The summed E-state index contributed by atoms with van der Waals surface area (Å²) in [6, 6.07) is 2.55. The molecule has 0 saturated carbocycles. The quantitative estimate of drug-likeness (QED) is 0.746. The van der Waals surface area contributed by atoms with Gasteiger partial charge in [0.1, 0.15) is 5.82 Å². The van der Waals surface area contributed by atoms with E-state index >= 15 is 0 Å². The number of likely N-dealkylation sites (tertiary alicyclic amines) is 1. The average Bonchev–Trinajstić information content (AvgIpc) is 3.18. The molecule has 4 heterocycles. The second-order valence-corrected chi connectivity index (χ2v) is 6.36. The molecular weight excluding hydrogens is 288 g/mol. The zero-order valence-corrected chi connectivity index (χ0v) is 13.7. The number of nitrogens with zero attached hydrogens (tertiary/aromatic N) is 6. The van der Waals surface area contributed by atoms with Gasteiger partial charge in [-0.25, -0.2) is 15.0 Å². The van der Waals surface area contributed by atoms with E-state index in [4.69, 9.17) is 4.98 Å². The molecular formula is C17H22N6. The highest BCUT2D eigenvalue weighted by Gasteiger charge is 2.26. The van der Waals surface area contributed by atoms with Crippen molar-refractivity contribution < 1.29 is 0 Å². The molecule has 1 fully saturated rings. The van der Waals surface area contributed by atoms with E-state index in [2.05, 4.69) is 39.5 Å². The predicted molar refractivity (Wildman–Crippen MR) is 87.9 cm³/mol. The molecule has 0 unspecified atom stereocenters. The Bertz CT molecular complexity index is 817. The first kappa shape index (κ1) is 14.4. The van der Waals surface area contributed by atoms with Gasteiger partial charge in [-0.15, -0.1) is 0 Å². The van der Waals surface area contributed by atoms with Crippen molar-refractivity contribution in [3.05, 3.63) is 48.1 Å². The first-order valence-corrected chi connectivity index (χ1v) is 8.23. The molecule has 120 valence electrons. The van der Waals surface area contributed by atoms with Crippen LogP contribution in [-0.4, -0.2) is 35.4 Å². The maximum atomic E-state index is 4.80. The summed E-state index contributed by atoms with van der Waals surface area (Å²) >= 11 is 0. The highest BCUT2D eigenvalue weighted by atomic mass is 15.2. The highest BCUT2D eigenvalue weighted by molar-refractivity contribution is 5.33. The molecule has 4 rings (SSSR count). The average molecular weight is 310 g/mol. The Morgan fingerprint density at radius 2 is 2.04 bits per heavy atom. The van der Waals surface area contributed by atoms with Gasteiger partial charge >= 0.3 is 0 Å². The van der Waals surface area contributed by atoms with Crippen LogP contribution in [0.5, 0.6) is 0 Å². The molecule has 1 aliphatic heterocycles. The van der Waals surface area contributed by atoms with Gasteiger partial charge in [0.25, 0.3) is 0 Å². The fraction of sp³-hybridized carbons (Fsp3) is 0.471. The first-order chi connectivity index (χ1) is 11.2. The van der Waals surface area contributed by atoms with Crippen LogP contribution in [0.2, 0.25) is 0 Å². The second kappa shape index (κ2) is 5.77. The minimum atomic E-state index is 0.348. The predicted octanol–water partition coefficient (Wildman–Crippen LogP) is 2.50. The van der Waals surface area contributed by atoms with Crippen molar-refractivity contribution in [1.82, 2.24) is 28.8 Å². The normalized spacial score (nSPS) is 19.5. The van der Waals surface area contributed by atoms with Gasteiger partial charge in [0.05, 0.1) is 18.3 Å². The molecule has 0 aromatic carbocycles. The highest BCUT2D eigenvalue weighted by Crippen LogP contribution is 2.31. The van der Waals surface area contributed by atoms with Crippen molar-refractivity contribution in [2.45, 2.75) is 38.8 Å². The van der Waals surface area contributed by atoms with Crippen LogP contribution in [-0.2, 0) is 13.6 Å². The van der Waals surface area contributed by atoms with Gasteiger partial charge in [-0.1, -0.05) is 6.42 Å². The van der Waals surface area contributed by atoms with E-state index in [1.165, 1.54) is 18.5 Å². The molecule has 0 amide bonds. The summed E-state index contributed by atoms with van der Waals surface area (Å²) in [5, 5.41) is 0. The molecule has 1 atom stereocenters. The molecule has 0 radical (unpaired) electrons. The smallest absolute Gasteiger partial charge is 0.234 e. The van der Waals surface area contributed by atoms with Gasteiger partial charge in [-0.2, -0.15) is 0 Å². The molecule has 6 nitrogen and oxygen atoms in total. The van der Waals surface area contributed by atoms with Crippen LogP contribution in [0.3, 0.4) is 0 Å². The Labute approximate surface area is 135 Å². The van der Waals surface area contributed by atoms with Gasteiger partial charge in [0.2, 0.25) is 5.78 Å². The Morgan fingerprint density at radius 3 is 2.87 bits per heavy atom. The number of fused-ring (bicyclic) bond motifs is 1. The zero-order valence-electron chi connectivity index (χ0n) is 13.7. The van der Waals surface area contributed by atoms with Gasteiger partial charge in [-0.05, 0) is 32.4 Å². The van der Waals surface area contributed by atoms with Crippen molar-refractivity contribution in [2.24, 2.45) is 7.05 Å². The van der Waals surface area contributed by atoms with Gasteiger partial charge in [-0.3, -0.25) is 9.30 Å². The molecule has 3 aromatic heterocycles. The lowest BCUT2D eigenvalue weighted by Crippen LogP contribution is -2.34. The molecule has 0 aliphatic carbocycles. The first-order valence-electron chi connectivity index (χ1n) is 8.23. The lowest BCUT2D eigenvalue weighted by molar-refractivity contribution is 0.132. The van der Waals surface area contributed by atoms with E-state index < -0.39 is 0 Å². The summed E-state index contributed by atoms with van der Waals surface area (Å²) in [5.74, 6) is 1.90. The van der Waals surface area contributed by atoms with Crippen LogP contribution in [0.4, 0.5) is 0 Å². The summed E-state index contributed by atoms with van der Waals surface area (Å²) in [4.78, 5) is 16.2. The van der Waals surface area contributed by atoms with E-state index in [-0.39, 0.29) is 0 Å². The maximum Gasteiger partial charge on any atom is 0.234 e. The fourth-order valence-corrected chi connectivity index (χ4v) is 3.50. The van der Waals surface area contributed by atoms with Gasteiger partial charge in [0, 0.05) is 37.5 Å². The van der Waals surface area contributed by atoms with Crippen LogP contribution in [0, 0.1) is 6.92 Å². The number of aryl methyl sites for hydroxylation is 2. The van der Waals surface area contributed by atoms with Crippen LogP contribution >= 0.6 is 0 Å². The van der Waals surface area contributed by atoms with E-state index in [1.54, 1.807) is 0 Å². The number of aromatic nitrogens is 5. The van der Waals surface area contributed by atoms with Crippen LogP contribution in [0.25, 0.3) is 5.78 Å². The lowest BCUT2D eigenvalue weighted by Gasteiger charge is -2.35. The summed E-state index contributed by atoms with van der Waals surface area (Å²) in [5.41, 5.74) is 2.32. The summed E-state index contributed by atoms with van der Waals surface area (Å²) in [6.45, 7) is 4.08. The minimum absolute atomic E-state index is 0.348. The summed E-state index contributed by atoms with van der Waals surface area (Å²) < 4.78 is 4.14. The van der Waals surface area contributed by atoms with Gasteiger partial charge < -0.3 is 4.57 Å². The van der Waals surface area contributed by atoms with Gasteiger partial charge in [0.15, 0.2) is 0 Å². The Balaban J connectivity index is 1.67. The number of rotatable bonds is 3. The van der Waals surface area contributed by atoms with Crippen LogP contribution in [0.15, 0.2) is 30.9 Å². The molecule has 3 aromatic rings. The zero-order chi connectivity index (χ0) is 15.8. The maximum absolute atomic E-state index is 4.80. The molecule has 1 saturated heterocycles. The number of imidazole rings is 2. The summed E-state index contributed by atoms with van der Waals surface area (Å²) in [6.07, 6.45) is 11.3.